The molecule has 0 radical (unpaired) electrons. The molecule has 0 aliphatic carbocycles. The number of ketones is 1. The third kappa shape index (κ3) is 3.04. The highest BCUT2D eigenvalue weighted by Crippen LogP contribution is 2.30. The average molecular weight is 369 g/mol. The lowest BCUT2D eigenvalue weighted by Gasteiger charge is -2.11. The zero-order valence-corrected chi connectivity index (χ0v) is 13.2. The lowest BCUT2D eigenvalue weighted by atomic mass is 9.92. The van der Waals surface area contributed by atoms with Gasteiger partial charge >= 0.3 is 0 Å². The van der Waals surface area contributed by atoms with E-state index in [2.05, 4.69) is 15.9 Å². The van der Waals surface area contributed by atoms with Crippen LogP contribution >= 0.6 is 39.1 Å². The van der Waals surface area contributed by atoms with Gasteiger partial charge in [-0.15, -0.1) is 0 Å². The summed E-state index contributed by atoms with van der Waals surface area (Å²) in [5, 5.41) is 10.0. The molecule has 0 amide bonds. The first-order chi connectivity index (χ1) is 9.54. The Morgan fingerprint density at radius 1 is 1.15 bits per heavy atom. The molecule has 0 aromatic heterocycles. The molecule has 0 N–H and O–H groups in total. The molecule has 5 heteroatoms. The Labute approximate surface area is 135 Å². The first kappa shape index (κ1) is 15.1. The van der Waals surface area contributed by atoms with Gasteiger partial charge in [-0.3, -0.25) is 4.79 Å². The number of carbonyl (C=O) groups is 1. The number of halogens is 3. The first-order valence-corrected chi connectivity index (χ1v) is 7.23. The maximum Gasteiger partial charge on any atom is 0.186 e. The van der Waals surface area contributed by atoms with Crippen LogP contribution in [0.3, 0.4) is 0 Å². The zero-order chi connectivity index (χ0) is 14.7. The predicted octanol–water partition coefficient (Wildman–Crippen LogP) is 5.25. The van der Waals surface area contributed by atoms with Crippen LogP contribution in [-0.4, -0.2) is 5.78 Å². The van der Waals surface area contributed by atoms with E-state index in [1.165, 1.54) is 0 Å². The third-order valence-electron chi connectivity index (χ3n) is 2.80. The second-order valence-electron chi connectivity index (χ2n) is 4.07. The maximum absolute atomic E-state index is 12.5. The Hall–Kier alpha value is -1.34. The number of rotatable bonds is 3. The molecule has 0 spiro atoms. The van der Waals surface area contributed by atoms with Crippen molar-refractivity contribution < 1.29 is 4.79 Å². The zero-order valence-electron chi connectivity index (χ0n) is 10.1. The van der Waals surface area contributed by atoms with E-state index in [4.69, 9.17) is 23.2 Å². The summed E-state index contributed by atoms with van der Waals surface area (Å²) in [7, 11) is 0. The van der Waals surface area contributed by atoms with Crippen molar-refractivity contribution in [3.63, 3.8) is 0 Å². The van der Waals surface area contributed by atoms with Crippen LogP contribution in [0.2, 0.25) is 10.0 Å². The largest absolute Gasteiger partial charge is 0.292 e. The van der Waals surface area contributed by atoms with Gasteiger partial charge in [0.05, 0.1) is 11.1 Å². The summed E-state index contributed by atoms with van der Waals surface area (Å²) in [6.07, 6.45) is 0. The Balaban J connectivity index is 2.48. The Bertz CT molecular complexity index is 709. The lowest BCUT2D eigenvalue weighted by molar-refractivity contribution is 0.0979. The van der Waals surface area contributed by atoms with E-state index in [1.54, 1.807) is 42.5 Å². The highest BCUT2D eigenvalue weighted by atomic mass is 79.9. The molecule has 0 saturated carbocycles. The Morgan fingerprint density at radius 3 is 2.50 bits per heavy atom. The highest BCUT2D eigenvalue weighted by molar-refractivity contribution is 9.10. The topological polar surface area (TPSA) is 40.9 Å². The smallest absolute Gasteiger partial charge is 0.186 e. The van der Waals surface area contributed by atoms with E-state index >= 15 is 0 Å². The number of carbonyl (C=O) groups excluding carboxylic acids is 1. The molecule has 2 rings (SSSR count). The van der Waals surface area contributed by atoms with Gasteiger partial charge in [-0.1, -0.05) is 57.3 Å². The van der Waals surface area contributed by atoms with Crippen molar-refractivity contribution in [2.24, 2.45) is 0 Å². The number of nitriles is 1. The molecule has 0 aliphatic rings. The fourth-order valence-electron chi connectivity index (χ4n) is 1.82. The molecular weight excluding hydrogens is 361 g/mol. The van der Waals surface area contributed by atoms with Crippen LogP contribution < -0.4 is 0 Å². The number of hydrogen-bond acceptors (Lipinski definition) is 2. The molecule has 2 nitrogen and oxygen atoms in total. The average Bonchev–Trinajstić information content (AvgIpc) is 2.44. The highest BCUT2D eigenvalue weighted by Gasteiger charge is 2.25. The Kier molecular flexibility index (Phi) is 4.82. The molecule has 0 bridgehead atoms. The van der Waals surface area contributed by atoms with Gasteiger partial charge in [0.15, 0.2) is 5.78 Å². The molecule has 100 valence electrons. The summed E-state index contributed by atoms with van der Waals surface area (Å²) in [5.74, 6) is -1.35. The molecule has 1 unspecified atom stereocenters. The molecule has 1 atom stereocenters. The SMILES string of the molecule is N#CC(C(=O)c1cc(Br)ccc1Cl)c1ccccc1Cl. The monoisotopic (exact) mass is 367 g/mol. The summed E-state index contributed by atoms with van der Waals surface area (Å²) in [4.78, 5) is 12.5. The van der Waals surface area contributed by atoms with Crippen molar-refractivity contribution in [3.8, 4) is 6.07 Å². The van der Waals surface area contributed by atoms with Gasteiger partial charge in [0.1, 0.15) is 5.92 Å². The second-order valence-corrected chi connectivity index (χ2v) is 5.80. The van der Waals surface area contributed by atoms with Crippen LogP contribution in [0, 0.1) is 11.3 Å². The fraction of sp³-hybridized carbons (Fsp3) is 0.0667. The summed E-state index contributed by atoms with van der Waals surface area (Å²) < 4.78 is 0.723. The van der Waals surface area contributed by atoms with E-state index in [-0.39, 0.29) is 5.78 Å². The number of Topliss-reactive ketones (excluding diaryl/α,β-unsaturated/α-hetero) is 1. The van der Waals surface area contributed by atoms with Crippen molar-refractivity contribution in [3.05, 3.63) is 68.1 Å². The fourth-order valence-corrected chi connectivity index (χ4v) is 2.64. The van der Waals surface area contributed by atoms with Crippen molar-refractivity contribution in [2.45, 2.75) is 5.92 Å². The molecule has 0 fully saturated rings. The summed E-state index contributed by atoms with van der Waals surface area (Å²) in [6.45, 7) is 0. The van der Waals surface area contributed by atoms with Gasteiger partial charge in [-0.05, 0) is 29.8 Å². The minimum absolute atomic E-state index is 0.299. The molecule has 2 aromatic carbocycles. The van der Waals surface area contributed by atoms with Crippen molar-refractivity contribution >= 4 is 44.9 Å². The normalized spacial score (nSPS) is 11.7. The van der Waals surface area contributed by atoms with Crippen LogP contribution in [0.5, 0.6) is 0 Å². The molecule has 2 aromatic rings. The van der Waals surface area contributed by atoms with Crippen LogP contribution in [0.1, 0.15) is 21.8 Å². The van der Waals surface area contributed by atoms with Crippen LogP contribution in [-0.2, 0) is 0 Å². The van der Waals surface area contributed by atoms with Gasteiger partial charge in [-0.2, -0.15) is 5.26 Å². The quantitative estimate of drug-likeness (QED) is 0.694. The van der Waals surface area contributed by atoms with E-state index in [1.807, 2.05) is 6.07 Å². The minimum atomic E-state index is -0.976. The van der Waals surface area contributed by atoms with E-state index < -0.39 is 5.92 Å². The van der Waals surface area contributed by atoms with Crippen molar-refractivity contribution in [1.82, 2.24) is 0 Å². The van der Waals surface area contributed by atoms with Crippen LogP contribution in [0.4, 0.5) is 0 Å². The number of benzene rings is 2. The van der Waals surface area contributed by atoms with Crippen LogP contribution in [0.15, 0.2) is 46.9 Å². The second kappa shape index (κ2) is 6.41. The molecular formula is C15H8BrCl2NO. The minimum Gasteiger partial charge on any atom is -0.292 e. The lowest BCUT2D eigenvalue weighted by Crippen LogP contribution is -2.12. The van der Waals surface area contributed by atoms with Gasteiger partial charge in [0.25, 0.3) is 0 Å². The van der Waals surface area contributed by atoms with Crippen molar-refractivity contribution in [1.29, 1.82) is 5.26 Å². The van der Waals surface area contributed by atoms with E-state index in [0.29, 0.717) is 21.2 Å². The predicted molar refractivity (Wildman–Crippen MR) is 83.3 cm³/mol. The standard InChI is InChI=1S/C15H8BrCl2NO/c16-9-5-6-14(18)11(7-9)15(20)12(8-19)10-3-1-2-4-13(10)17/h1-7,12H. The summed E-state index contributed by atoms with van der Waals surface area (Å²) in [5.41, 5.74) is 0.783. The Morgan fingerprint density at radius 2 is 1.85 bits per heavy atom. The van der Waals surface area contributed by atoms with E-state index in [9.17, 15) is 10.1 Å². The third-order valence-corrected chi connectivity index (χ3v) is 3.97. The first-order valence-electron chi connectivity index (χ1n) is 5.68. The summed E-state index contributed by atoms with van der Waals surface area (Å²) >= 11 is 15.4. The van der Waals surface area contributed by atoms with Gasteiger partial charge in [-0.25, -0.2) is 0 Å². The van der Waals surface area contributed by atoms with Gasteiger partial charge < -0.3 is 0 Å². The molecule has 0 aliphatic heterocycles. The van der Waals surface area contributed by atoms with Gasteiger partial charge in [0, 0.05) is 15.1 Å². The maximum atomic E-state index is 12.5. The number of hydrogen-bond donors (Lipinski definition) is 0. The van der Waals surface area contributed by atoms with E-state index in [0.717, 1.165) is 4.47 Å². The summed E-state index contributed by atoms with van der Waals surface area (Å²) in [6, 6.07) is 13.7. The molecule has 0 saturated heterocycles. The van der Waals surface area contributed by atoms with Crippen molar-refractivity contribution in [2.75, 3.05) is 0 Å². The number of nitrogens with zero attached hydrogens (tertiary/aromatic N) is 1. The van der Waals surface area contributed by atoms with Crippen LogP contribution in [0.25, 0.3) is 0 Å². The molecule has 20 heavy (non-hydrogen) atoms. The molecule has 0 heterocycles. The van der Waals surface area contributed by atoms with Gasteiger partial charge in [0.2, 0.25) is 0 Å².